The molecule has 1 saturated carbocycles. The molecule has 3 nitrogen and oxygen atoms in total. The van der Waals surface area contributed by atoms with E-state index in [1.165, 1.54) is 0 Å². The van der Waals surface area contributed by atoms with Crippen molar-refractivity contribution in [2.45, 2.75) is 44.4 Å². The van der Waals surface area contributed by atoms with Gasteiger partial charge in [0.1, 0.15) is 6.17 Å². The van der Waals surface area contributed by atoms with E-state index in [1.807, 2.05) is 17.8 Å². The van der Waals surface area contributed by atoms with Crippen LogP contribution in [0.3, 0.4) is 0 Å². The topological polar surface area (TPSA) is 29.9 Å². The van der Waals surface area contributed by atoms with Gasteiger partial charge in [0.2, 0.25) is 0 Å². The Hall–Kier alpha value is -0.900. The summed E-state index contributed by atoms with van der Waals surface area (Å²) in [6.07, 6.45) is 4.94. The van der Waals surface area contributed by atoms with Gasteiger partial charge in [0.15, 0.2) is 0 Å². The van der Waals surface area contributed by atoms with Gasteiger partial charge in [-0.2, -0.15) is 5.10 Å². The highest BCUT2D eigenvalue weighted by atomic mass is 19.1. The van der Waals surface area contributed by atoms with Crippen molar-refractivity contribution in [1.82, 2.24) is 15.1 Å². The van der Waals surface area contributed by atoms with Crippen molar-refractivity contribution < 1.29 is 4.39 Å². The van der Waals surface area contributed by atoms with E-state index in [9.17, 15) is 4.39 Å². The molecule has 2 rings (SSSR count). The number of halogens is 1. The molecule has 1 aliphatic carbocycles. The summed E-state index contributed by atoms with van der Waals surface area (Å²) in [4.78, 5) is 0. The molecule has 0 aromatic carbocycles. The molecule has 0 unspecified atom stereocenters. The predicted molar refractivity (Wildman–Crippen MR) is 57.2 cm³/mol. The fourth-order valence-electron chi connectivity index (χ4n) is 2.13. The van der Waals surface area contributed by atoms with Crippen LogP contribution in [0.4, 0.5) is 4.39 Å². The van der Waals surface area contributed by atoms with Gasteiger partial charge in [-0.05, 0) is 18.9 Å². The van der Waals surface area contributed by atoms with Crippen LogP contribution in [-0.2, 0) is 13.6 Å². The van der Waals surface area contributed by atoms with E-state index in [2.05, 4.69) is 10.4 Å². The van der Waals surface area contributed by atoms with Crippen molar-refractivity contribution in [2.24, 2.45) is 7.05 Å². The lowest BCUT2D eigenvalue weighted by molar-refractivity contribution is 0.187. The molecule has 1 aromatic rings. The lowest BCUT2D eigenvalue weighted by Gasteiger charge is -2.26. The number of nitrogens with zero attached hydrogens (tertiary/aromatic N) is 2. The average molecular weight is 211 g/mol. The highest BCUT2D eigenvalue weighted by Crippen LogP contribution is 2.21. The van der Waals surface area contributed by atoms with E-state index in [-0.39, 0.29) is 6.04 Å². The SMILES string of the molecule is Cn1nccc1CN[C@@H]1CCCC[C@H]1F. The summed E-state index contributed by atoms with van der Waals surface area (Å²) in [7, 11) is 1.91. The zero-order valence-corrected chi connectivity index (χ0v) is 9.12. The first kappa shape index (κ1) is 10.6. The molecule has 0 aliphatic heterocycles. The smallest absolute Gasteiger partial charge is 0.115 e. The molecule has 1 N–H and O–H groups in total. The number of hydrogen-bond acceptors (Lipinski definition) is 2. The van der Waals surface area contributed by atoms with Crippen molar-refractivity contribution in [3.63, 3.8) is 0 Å². The molecular formula is C11H18FN3. The van der Waals surface area contributed by atoms with Crippen LogP contribution in [0.5, 0.6) is 0 Å². The third kappa shape index (κ3) is 2.56. The number of alkyl halides is 1. The summed E-state index contributed by atoms with van der Waals surface area (Å²) < 4.78 is 15.3. The average Bonchev–Trinajstić information content (AvgIpc) is 2.63. The third-order valence-electron chi connectivity index (χ3n) is 3.15. The quantitative estimate of drug-likeness (QED) is 0.826. The van der Waals surface area contributed by atoms with Crippen LogP contribution in [0, 0.1) is 0 Å². The lowest BCUT2D eigenvalue weighted by atomic mass is 9.93. The first-order valence-corrected chi connectivity index (χ1v) is 5.61. The molecule has 2 atom stereocenters. The summed E-state index contributed by atoms with van der Waals surface area (Å²) in [5, 5.41) is 7.36. The van der Waals surface area contributed by atoms with Crippen LogP contribution in [0.2, 0.25) is 0 Å². The maximum atomic E-state index is 13.5. The van der Waals surface area contributed by atoms with Crippen LogP contribution < -0.4 is 5.32 Å². The van der Waals surface area contributed by atoms with Gasteiger partial charge in [-0.15, -0.1) is 0 Å². The standard InChI is InChI=1S/C11H18FN3/c1-15-9(6-7-14-15)8-13-11-5-3-2-4-10(11)12/h6-7,10-11,13H,2-5,8H2,1H3/t10-,11-/m1/s1. The van der Waals surface area contributed by atoms with Crippen molar-refractivity contribution in [1.29, 1.82) is 0 Å². The van der Waals surface area contributed by atoms with Gasteiger partial charge in [0.25, 0.3) is 0 Å². The number of aryl methyl sites for hydroxylation is 1. The fraction of sp³-hybridized carbons (Fsp3) is 0.727. The van der Waals surface area contributed by atoms with E-state index < -0.39 is 6.17 Å². The van der Waals surface area contributed by atoms with Crippen molar-refractivity contribution in [2.75, 3.05) is 0 Å². The Morgan fingerprint density at radius 2 is 2.33 bits per heavy atom. The van der Waals surface area contributed by atoms with E-state index in [4.69, 9.17) is 0 Å². The summed E-state index contributed by atoms with van der Waals surface area (Å²) in [5.41, 5.74) is 1.10. The molecule has 4 heteroatoms. The lowest BCUT2D eigenvalue weighted by Crippen LogP contribution is -2.39. The number of aromatic nitrogens is 2. The molecule has 0 radical (unpaired) electrons. The minimum absolute atomic E-state index is 0.0358. The van der Waals surface area contributed by atoms with Gasteiger partial charge >= 0.3 is 0 Å². The molecule has 0 bridgehead atoms. The Morgan fingerprint density at radius 1 is 1.53 bits per heavy atom. The van der Waals surface area contributed by atoms with Gasteiger partial charge in [0, 0.05) is 25.8 Å². The maximum Gasteiger partial charge on any atom is 0.115 e. The number of nitrogens with one attached hydrogen (secondary N) is 1. The zero-order valence-electron chi connectivity index (χ0n) is 9.12. The van der Waals surface area contributed by atoms with Crippen LogP contribution >= 0.6 is 0 Å². The molecular weight excluding hydrogens is 193 g/mol. The van der Waals surface area contributed by atoms with Crippen LogP contribution in [0.15, 0.2) is 12.3 Å². The Labute approximate surface area is 89.7 Å². The maximum absolute atomic E-state index is 13.5. The summed E-state index contributed by atoms with van der Waals surface area (Å²) in [6.45, 7) is 0.710. The zero-order chi connectivity index (χ0) is 10.7. The minimum atomic E-state index is -0.674. The largest absolute Gasteiger partial charge is 0.306 e. The highest BCUT2D eigenvalue weighted by molar-refractivity contribution is 5.00. The summed E-state index contributed by atoms with van der Waals surface area (Å²) in [6, 6.07) is 2.00. The van der Waals surface area contributed by atoms with Gasteiger partial charge in [0.05, 0.1) is 5.69 Å². The Morgan fingerprint density at radius 3 is 3.00 bits per heavy atom. The van der Waals surface area contributed by atoms with Gasteiger partial charge in [-0.3, -0.25) is 4.68 Å². The Kier molecular flexibility index (Phi) is 3.36. The third-order valence-corrected chi connectivity index (χ3v) is 3.15. The second kappa shape index (κ2) is 4.75. The molecule has 0 amide bonds. The second-order valence-corrected chi connectivity index (χ2v) is 4.23. The molecule has 1 aromatic heterocycles. The van der Waals surface area contributed by atoms with Gasteiger partial charge in [-0.25, -0.2) is 4.39 Å². The Balaban J connectivity index is 1.84. The van der Waals surface area contributed by atoms with E-state index in [0.717, 1.165) is 25.0 Å². The fourth-order valence-corrected chi connectivity index (χ4v) is 2.13. The first-order valence-electron chi connectivity index (χ1n) is 5.61. The number of rotatable bonds is 3. The summed E-state index contributed by atoms with van der Waals surface area (Å²) in [5.74, 6) is 0. The minimum Gasteiger partial charge on any atom is -0.306 e. The number of hydrogen-bond donors (Lipinski definition) is 1. The predicted octanol–water partition coefficient (Wildman–Crippen LogP) is 1.79. The van der Waals surface area contributed by atoms with Gasteiger partial charge in [-0.1, -0.05) is 12.8 Å². The molecule has 1 heterocycles. The molecule has 1 aliphatic rings. The normalized spacial score (nSPS) is 26.8. The molecule has 1 fully saturated rings. The Bertz CT molecular complexity index is 311. The van der Waals surface area contributed by atoms with Gasteiger partial charge < -0.3 is 5.32 Å². The molecule has 84 valence electrons. The summed E-state index contributed by atoms with van der Waals surface area (Å²) >= 11 is 0. The van der Waals surface area contributed by atoms with Crippen molar-refractivity contribution >= 4 is 0 Å². The van der Waals surface area contributed by atoms with Crippen LogP contribution in [-0.4, -0.2) is 22.0 Å². The highest BCUT2D eigenvalue weighted by Gasteiger charge is 2.23. The second-order valence-electron chi connectivity index (χ2n) is 4.23. The van der Waals surface area contributed by atoms with Crippen molar-refractivity contribution in [3.8, 4) is 0 Å². The van der Waals surface area contributed by atoms with Crippen LogP contribution in [0.25, 0.3) is 0 Å². The molecule has 15 heavy (non-hydrogen) atoms. The first-order chi connectivity index (χ1) is 7.27. The van der Waals surface area contributed by atoms with E-state index in [0.29, 0.717) is 13.0 Å². The van der Waals surface area contributed by atoms with E-state index in [1.54, 1.807) is 6.20 Å². The molecule has 0 saturated heterocycles. The van der Waals surface area contributed by atoms with E-state index >= 15 is 0 Å². The molecule has 0 spiro atoms. The van der Waals surface area contributed by atoms with Crippen LogP contribution in [0.1, 0.15) is 31.4 Å². The van der Waals surface area contributed by atoms with Crippen molar-refractivity contribution in [3.05, 3.63) is 18.0 Å². The monoisotopic (exact) mass is 211 g/mol.